The summed E-state index contributed by atoms with van der Waals surface area (Å²) in [5, 5.41) is 0.688. The minimum absolute atomic E-state index is 0.282. The number of aliphatic imine (C=N–C) groups is 1. The number of hydrogen-bond donors (Lipinski definition) is 4. The molecular weight excluding hydrogens is 380 g/mol. The fourth-order valence-electron chi connectivity index (χ4n) is 2.56. The number of ether oxygens (including phenoxy) is 3. The Morgan fingerprint density at radius 3 is 2.39 bits per heavy atom. The smallest absolute Gasteiger partial charge is 0.230 e. The van der Waals surface area contributed by atoms with Crippen molar-refractivity contribution in [1.29, 1.82) is 0 Å². The van der Waals surface area contributed by atoms with E-state index < -0.39 is 0 Å². The zero-order valence-corrected chi connectivity index (χ0v) is 16.8. The summed E-state index contributed by atoms with van der Waals surface area (Å²) in [5.74, 6) is 7.34. The predicted molar refractivity (Wildman–Crippen MR) is 112 cm³/mol. The van der Waals surface area contributed by atoms with Gasteiger partial charge in [-0.15, -0.1) is 0 Å². The molecule has 0 amide bonds. The number of guanidine groups is 1. The monoisotopic (exact) mass is 402 g/mol. The van der Waals surface area contributed by atoms with Crippen LogP contribution in [0.3, 0.4) is 0 Å². The molecule has 10 heteroatoms. The molecule has 0 aliphatic heterocycles. The molecule has 1 aromatic heterocycles. The number of anilines is 1. The molecule has 3 aromatic rings. The van der Waals surface area contributed by atoms with E-state index in [1.54, 1.807) is 33.5 Å². The standard InChI is InChI=1S/C18H22N6O3S/c1-10-5-6-12-15(7-10)28-18(21-12)24-23-17(22-19)20-11-8-13(25-2)16(27-4)14(9-11)26-3/h5-9H,19H2,1-4H3,(H,21,24)(H2,20,22,23). The van der Waals surface area contributed by atoms with E-state index in [0.29, 0.717) is 28.1 Å². The molecule has 9 nitrogen and oxygen atoms in total. The van der Waals surface area contributed by atoms with Crippen LogP contribution in [0, 0.1) is 6.92 Å². The van der Waals surface area contributed by atoms with Crippen LogP contribution in [0.1, 0.15) is 5.56 Å². The average molecular weight is 402 g/mol. The topological polar surface area (TPSA) is 115 Å². The van der Waals surface area contributed by atoms with Crippen LogP contribution in [-0.4, -0.2) is 32.3 Å². The van der Waals surface area contributed by atoms with Crippen molar-refractivity contribution in [2.24, 2.45) is 10.8 Å². The number of aromatic nitrogens is 1. The van der Waals surface area contributed by atoms with Crippen molar-refractivity contribution in [3.63, 3.8) is 0 Å². The summed E-state index contributed by atoms with van der Waals surface area (Å²) < 4.78 is 17.1. The second-order valence-electron chi connectivity index (χ2n) is 5.73. The quantitative estimate of drug-likeness (QED) is 0.215. The summed E-state index contributed by atoms with van der Waals surface area (Å²) in [7, 11) is 4.63. The maximum Gasteiger partial charge on any atom is 0.230 e. The Morgan fingerprint density at radius 2 is 1.79 bits per heavy atom. The van der Waals surface area contributed by atoms with Gasteiger partial charge in [0.15, 0.2) is 11.5 Å². The lowest BCUT2D eigenvalue weighted by Gasteiger charge is -2.13. The lowest BCUT2D eigenvalue weighted by Crippen LogP contribution is -2.44. The van der Waals surface area contributed by atoms with Gasteiger partial charge >= 0.3 is 0 Å². The van der Waals surface area contributed by atoms with Gasteiger partial charge in [0.1, 0.15) is 0 Å². The van der Waals surface area contributed by atoms with Gasteiger partial charge in [-0.1, -0.05) is 17.4 Å². The third-order valence-electron chi connectivity index (χ3n) is 3.86. The number of rotatable bonds is 6. The number of benzene rings is 2. The van der Waals surface area contributed by atoms with Crippen molar-refractivity contribution in [2.75, 3.05) is 26.8 Å². The van der Waals surface area contributed by atoms with Crippen molar-refractivity contribution in [3.05, 3.63) is 35.9 Å². The predicted octanol–water partition coefficient (Wildman–Crippen LogP) is 2.70. The van der Waals surface area contributed by atoms with Crippen molar-refractivity contribution in [1.82, 2.24) is 15.8 Å². The SMILES string of the molecule is COc1cc(N=C(NN)NNc2nc3ccc(C)cc3s2)cc(OC)c1OC. The summed E-state index contributed by atoms with van der Waals surface area (Å²) in [6, 6.07) is 9.52. The number of hydrogen-bond acceptors (Lipinski definition) is 8. The van der Waals surface area contributed by atoms with Crippen LogP contribution < -0.4 is 36.3 Å². The largest absolute Gasteiger partial charge is 0.493 e. The van der Waals surface area contributed by atoms with Crippen molar-refractivity contribution in [3.8, 4) is 17.2 Å². The molecule has 1 heterocycles. The molecule has 148 valence electrons. The molecule has 28 heavy (non-hydrogen) atoms. The highest BCUT2D eigenvalue weighted by Crippen LogP contribution is 2.40. The first-order valence-electron chi connectivity index (χ1n) is 8.32. The van der Waals surface area contributed by atoms with Crippen LogP contribution in [0.2, 0.25) is 0 Å². The van der Waals surface area contributed by atoms with E-state index in [0.717, 1.165) is 10.2 Å². The number of nitrogens with zero attached hydrogens (tertiary/aromatic N) is 2. The maximum absolute atomic E-state index is 5.59. The summed E-state index contributed by atoms with van der Waals surface area (Å²) in [5.41, 5.74) is 11.1. The molecule has 0 aliphatic rings. The van der Waals surface area contributed by atoms with Crippen LogP contribution in [0.4, 0.5) is 10.8 Å². The minimum atomic E-state index is 0.282. The normalized spacial score (nSPS) is 11.2. The van der Waals surface area contributed by atoms with Gasteiger partial charge in [-0.3, -0.25) is 16.3 Å². The van der Waals surface area contributed by atoms with E-state index in [1.807, 2.05) is 19.1 Å². The molecule has 0 fully saturated rings. The molecule has 2 aromatic carbocycles. The Bertz CT molecular complexity index is 979. The van der Waals surface area contributed by atoms with Gasteiger partial charge in [0.25, 0.3) is 0 Å². The number of hydrazine groups is 2. The summed E-state index contributed by atoms with van der Waals surface area (Å²) in [6.45, 7) is 2.05. The Kier molecular flexibility index (Phi) is 6.02. The second kappa shape index (κ2) is 8.63. The zero-order chi connectivity index (χ0) is 20.1. The summed E-state index contributed by atoms with van der Waals surface area (Å²) in [6.07, 6.45) is 0. The molecule has 0 bridgehead atoms. The molecule has 0 atom stereocenters. The fraction of sp³-hybridized carbons (Fsp3) is 0.222. The van der Waals surface area contributed by atoms with Crippen LogP contribution in [0.15, 0.2) is 35.3 Å². The lowest BCUT2D eigenvalue weighted by atomic mass is 10.2. The number of nitrogens with two attached hydrogens (primary N) is 1. The van der Waals surface area contributed by atoms with Gasteiger partial charge < -0.3 is 14.2 Å². The number of nitrogens with one attached hydrogen (secondary N) is 3. The average Bonchev–Trinajstić information content (AvgIpc) is 3.11. The van der Waals surface area contributed by atoms with Gasteiger partial charge in [-0.2, -0.15) is 0 Å². The first-order chi connectivity index (χ1) is 13.6. The third kappa shape index (κ3) is 4.18. The summed E-state index contributed by atoms with van der Waals surface area (Å²) >= 11 is 1.52. The fourth-order valence-corrected chi connectivity index (χ4v) is 3.47. The number of aryl methyl sites for hydroxylation is 1. The molecule has 0 aliphatic carbocycles. The molecule has 0 saturated carbocycles. The highest BCUT2D eigenvalue weighted by atomic mass is 32.1. The molecule has 5 N–H and O–H groups in total. The van der Waals surface area contributed by atoms with Crippen molar-refractivity contribution >= 4 is 38.3 Å². The van der Waals surface area contributed by atoms with Crippen LogP contribution in [0.25, 0.3) is 10.2 Å². The number of thiazole rings is 1. The highest BCUT2D eigenvalue weighted by Gasteiger charge is 2.13. The van der Waals surface area contributed by atoms with Crippen molar-refractivity contribution < 1.29 is 14.2 Å². The molecule has 0 radical (unpaired) electrons. The number of fused-ring (bicyclic) bond motifs is 1. The van der Waals surface area contributed by atoms with Crippen LogP contribution in [-0.2, 0) is 0 Å². The highest BCUT2D eigenvalue weighted by molar-refractivity contribution is 7.22. The molecule has 0 saturated heterocycles. The van der Waals surface area contributed by atoms with E-state index in [-0.39, 0.29) is 5.96 Å². The molecular formula is C18H22N6O3S. The van der Waals surface area contributed by atoms with Gasteiger partial charge in [-0.25, -0.2) is 15.8 Å². The Balaban J connectivity index is 1.81. The number of methoxy groups -OCH3 is 3. The van der Waals surface area contributed by atoms with E-state index in [4.69, 9.17) is 20.1 Å². The second-order valence-corrected chi connectivity index (χ2v) is 6.76. The van der Waals surface area contributed by atoms with Gasteiger partial charge in [-0.05, 0) is 24.6 Å². The van der Waals surface area contributed by atoms with Gasteiger partial charge in [0, 0.05) is 12.1 Å². The van der Waals surface area contributed by atoms with Gasteiger partial charge in [0.2, 0.25) is 16.8 Å². The molecule has 0 spiro atoms. The third-order valence-corrected chi connectivity index (χ3v) is 4.79. The zero-order valence-electron chi connectivity index (χ0n) is 16.0. The van der Waals surface area contributed by atoms with Gasteiger partial charge in [0.05, 0.1) is 37.2 Å². The van der Waals surface area contributed by atoms with Crippen molar-refractivity contribution in [2.45, 2.75) is 6.92 Å². The first kappa shape index (κ1) is 19.5. The molecule has 3 rings (SSSR count). The van der Waals surface area contributed by atoms with Crippen LogP contribution >= 0.6 is 11.3 Å². The Hall–Kier alpha value is -3.24. The van der Waals surface area contributed by atoms with E-state index in [9.17, 15) is 0 Å². The Morgan fingerprint density at radius 1 is 1.07 bits per heavy atom. The van der Waals surface area contributed by atoms with Crippen LogP contribution in [0.5, 0.6) is 17.2 Å². The summed E-state index contributed by atoms with van der Waals surface area (Å²) in [4.78, 5) is 8.93. The lowest BCUT2D eigenvalue weighted by molar-refractivity contribution is 0.324. The Labute approximate surface area is 166 Å². The van der Waals surface area contributed by atoms with E-state index in [2.05, 4.69) is 32.3 Å². The van der Waals surface area contributed by atoms with E-state index in [1.165, 1.54) is 16.9 Å². The molecule has 0 unspecified atom stereocenters. The first-order valence-corrected chi connectivity index (χ1v) is 9.14. The minimum Gasteiger partial charge on any atom is -0.493 e. The van der Waals surface area contributed by atoms with E-state index >= 15 is 0 Å². The maximum atomic E-state index is 5.59.